The number of hydrogen-bond acceptors (Lipinski definition) is 2. The van der Waals surface area contributed by atoms with Crippen LogP contribution < -0.4 is 5.32 Å². The summed E-state index contributed by atoms with van der Waals surface area (Å²) >= 11 is 0. The second-order valence-electron chi connectivity index (χ2n) is 3.10. The van der Waals surface area contributed by atoms with Crippen LogP contribution in [-0.4, -0.2) is 26.3 Å². The maximum atomic E-state index is 5.07. The summed E-state index contributed by atoms with van der Waals surface area (Å²) in [4.78, 5) is 0. The monoisotopic (exact) mass is 145 g/mol. The molecule has 0 aliphatic carbocycles. The molecule has 0 spiro atoms. The van der Waals surface area contributed by atoms with E-state index in [2.05, 4.69) is 26.1 Å². The Morgan fingerprint density at radius 1 is 1.20 bits per heavy atom. The van der Waals surface area contributed by atoms with Gasteiger partial charge in [0.1, 0.15) is 0 Å². The van der Waals surface area contributed by atoms with E-state index in [9.17, 15) is 0 Å². The highest BCUT2D eigenvalue weighted by molar-refractivity contribution is 4.55. The third kappa shape index (κ3) is 6.05. The van der Waals surface area contributed by atoms with Gasteiger partial charge in [-0.25, -0.2) is 0 Å². The van der Waals surface area contributed by atoms with E-state index in [1.54, 1.807) is 7.11 Å². The highest BCUT2D eigenvalue weighted by Crippen LogP contribution is 1.88. The number of methoxy groups -OCH3 is 1. The predicted octanol–water partition coefficient (Wildman–Crippen LogP) is 1.27. The lowest BCUT2D eigenvalue weighted by Gasteiger charge is -2.11. The molecule has 0 heterocycles. The van der Waals surface area contributed by atoms with Crippen LogP contribution in [0.4, 0.5) is 0 Å². The normalized spacial score (nSPS) is 14.1. The zero-order valence-electron chi connectivity index (χ0n) is 7.48. The van der Waals surface area contributed by atoms with Crippen molar-refractivity contribution in [1.29, 1.82) is 0 Å². The number of nitrogens with one attached hydrogen (secondary N) is 1. The summed E-state index contributed by atoms with van der Waals surface area (Å²) in [7, 11) is 1.74. The van der Waals surface area contributed by atoms with Gasteiger partial charge in [0.2, 0.25) is 0 Å². The minimum Gasteiger partial charge on any atom is -0.380 e. The van der Waals surface area contributed by atoms with E-state index in [1.165, 1.54) is 0 Å². The van der Waals surface area contributed by atoms with Crippen molar-refractivity contribution in [3.63, 3.8) is 0 Å². The van der Waals surface area contributed by atoms with Crippen LogP contribution in [0.15, 0.2) is 0 Å². The maximum Gasteiger partial charge on any atom is 0.0667 e. The van der Waals surface area contributed by atoms with Crippen molar-refractivity contribution in [2.75, 3.05) is 20.2 Å². The first-order chi connectivity index (χ1) is 4.66. The van der Waals surface area contributed by atoms with Gasteiger partial charge >= 0.3 is 0 Å². The number of ether oxygens (including phenoxy) is 1. The first-order valence-corrected chi connectivity index (χ1v) is 3.90. The molecule has 1 atom stereocenters. The molecule has 0 aliphatic rings. The summed E-state index contributed by atoms with van der Waals surface area (Å²) in [6.07, 6.45) is 0.332. The topological polar surface area (TPSA) is 21.3 Å². The second-order valence-corrected chi connectivity index (χ2v) is 3.10. The van der Waals surface area contributed by atoms with Crippen molar-refractivity contribution < 1.29 is 4.74 Å². The van der Waals surface area contributed by atoms with Gasteiger partial charge in [-0.2, -0.15) is 0 Å². The molecule has 0 unspecified atom stereocenters. The predicted molar refractivity (Wildman–Crippen MR) is 44.2 cm³/mol. The van der Waals surface area contributed by atoms with Crippen LogP contribution in [0.1, 0.15) is 20.8 Å². The fraction of sp³-hybridized carbons (Fsp3) is 1.00. The van der Waals surface area contributed by atoms with Crippen LogP contribution in [-0.2, 0) is 4.74 Å². The van der Waals surface area contributed by atoms with E-state index in [0.717, 1.165) is 19.0 Å². The van der Waals surface area contributed by atoms with E-state index in [1.807, 2.05) is 0 Å². The Balaban J connectivity index is 3.03. The van der Waals surface area contributed by atoms with Crippen molar-refractivity contribution in [3.05, 3.63) is 0 Å². The van der Waals surface area contributed by atoms with Gasteiger partial charge < -0.3 is 10.1 Å². The zero-order chi connectivity index (χ0) is 7.98. The smallest absolute Gasteiger partial charge is 0.0667 e. The molecular formula is C8H19NO. The molecule has 0 fully saturated rings. The molecule has 0 aromatic carbocycles. The van der Waals surface area contributed by atoms with Crippen LogP contribution in [0.2, 0.25) is 0 Å². The number of hydrogen-bond donors (Lipinski definition) is 1. The Morgan fingerprint density at radius 3 is 2.20 bits per heavy atom. The molecule has 0 aromatic heterocycles. The molecule has 0 saturated heterocycles. The average Bonchev–Trinajstić information content (AvgIpc) is 1.87. The Kier molecular flexibility index (Phi) is 5.64. The third-order valence-electron chi connectivity index (χ3n) is 1.39. The summed E-state index contributed by atoms with van der Waals surface area (Å²) in [5.74, 6) is 0.726. The second kappa shape index (κ2) is 5.69. The molecule has 0 saturated carbocycles. The van der Waals surface area contributed by atoms with Gasteiger partial charge in [0.05, 0.1) is 6.10 Å². The van der Waals surface area contributed by atoms with Gasteiger partial charge in [-0.3, -0.25) is 0 Å². The highest BCUT2D eigenvalue weighted by atomic mass is 16.5. The van der Waals surface area contributed by atoms with E-state index in [-0.39, 0.29) is 0 Å². The quantitative estimate of drug-likeness (QED) is 0.629. The van der Waals surface area contributed by atoms with Crippen molar-refractivity contribution in [1.82, 2.24) is 5.32 Å². The van der Waals surface area contributed by atoms with Gasteiger partial charge in [0, 0.05) is 13.7 Å². The van der Waals surface area contributed by atoms with Crippen molar-refractivity contribution in [2.45, 2.75) is 26.9 Å². The lowest BCUT2D eigenvalue weighted by Crippen LogP contribution is -2.28. The van der Waals surface area contributed by atoms with E-state index < -0.39 is 0 Å². The Bertz CT molecular complexity index is 73.7. The molecule has 0 aliphatic heterocycles. The Labute approximate surface area is 64.0 Å². The summed E-state index contributed by atoms with van der Waals surface area (Å²) in [6.45, 7) is 8.49. The van der Waals surface area contributed by atoms with E-state index in [4.69, 9.17) is 4.74 Å². The Hall–Kier alpha value is -0.0800. The van der Waals surface area contributed by atoms with Gasteiger partial charge in [-0.1, -0.05) is 13.8 Å². The fourth-order valence-electron chi connectivity index (χ4n) is 0.659. The molecule has 0 aromatic rings. The van der Waals surface area contributed by atoms with Crippen molar-refractivity contribution in [3.8, 4) is 0 Å². The largest absolute Gasteiger partial charge is 0.380 e. The molecule has 0 bridgehead atoms. The van der Waals surface area contributed by atoms with Crippen LogP contribution in [0.5, 0.6) is 0 Å². The highest BCUT2D eigenvalue weighted by Gasteiger charge is 1.98. The summed E-state index contributed by atoms with van der Waals surface area (Å²) in [5.41, 5.74) is 0. The molecule has 0 amide bonds. The van der Waals surface area contributed by atoms with Crippen LogP contribution >= 0.6 is 0 Å². The van der Waals surface area contributed by atoms with Gasteiger partial charge in [0.15, 0.2) is 0 Å². The van der Waals surface area contributed by atoms with Gasteiger partial charge in [-0.15, -0.1) is 0 Å². The van der Waals surface area contributed by atoms with Crippen LogP contribution in [0, 0.1) is 5.92 Å². The first-order valence-electron chi connectivity index (χ1n) is 3.90. The minimum absolute atomic E-state index is 0.332. The summed E-state index contributed by atoms with van der Waals surface area (Å²) in [6, 6.07) is 0. The first kappa shape index (κ1) is 9.92. The lowest BCUT2D eigenvalue weighted by atomic mass is 10.2. The lowest BCUT2D eigenvalue weighted by molar-refractivity contribution is 0.116. The molecular weight excluding hydrogens is 126 g/mol. The van der Waals surface area contributed by atoms with Gasteiger partial charge in [0.25, 0.3) is 0 Å². The summed E-state index contributed by atoms with van der Waals surface area (Å²) < 4.78 is 5.07. The molecule has 0 radical (unpaired) electrons. The zero-order valence-corrected chi connectivity index (χ0v) is 7.48. The average molecular weight is 145 g/mol. The SMILES string of the molecule is CO[C@@H](C)CNCC(C)C. The van der Waals surface area contributed by atoms with Gasteiger partial charge in [-0.05, 0) is 19.4 Å². The van der Waals surface area contributed by atoms with E-state index >= 15 is 0 Å². The van der Waals surface area contributed by atoms with Crippen LogP contribution in [0.3, 0.4) is 0 Å². The standard InChI is InChI=1S/C8H19NO/c1-7(2)5-9-6-8(3)10-4/h7-9H,5-6H2,1-4H3/t8-/m0/s1. The molecule has 1 N–H and O–H groups in total. The maximum absolute atomic E-state index is 5.07. The molecule has 10 heavy (non-hydrogen) atoms. The molecule has 0 rings (SSSR count). The summed E-state index contributed by atoms with van der Waals surface area (Å²) in [5, 5.41) is 3.31. The van der Waals surface area contributed by atoms with Crippen molar-refractivity contribution >= 4 is 0 Å². The number of rotatable bonds is 5. The molecule has 2 heteroatoms. The molecule has 62 valence electrons. The van der Waals surface area contributed by atoms with Crippen molar-refractivity contribution in [2.24, 2.45) is 5.92 Å². The molecule has 2 nitrogen and oxygen atoms in total. The minimum atomic E-state index is 0.332. The van der Waals surface area contributed by atoms with Crippen LogP contribution in [0.25, 0.3) is 0 Å². The van der Waals surface area contributed by atoms with E-state index in [0.29, 0.717) is 6.10 Å². The Morgan fingerprint density at radius 2 is 1.80 bits per heavy atom. The fourth-order valence-corrected chi connectivity index (χ4v) is 0.659. The third-order valence-corrected chi connectivity index (χ3v) is 1.39.